The van der Waals surface area contributed by atoms with Crippen LogP contribution < -0.4 is 0 Å². The lowest BCUT2D eigenvalue weighted by molar-refractivity contribution is -0.131. The number of hydrogen-bond donors (Lipinski definition) is 0. The molecular formula is C25H34N4O2. The molecule has 1 spiro atoms. The van der Waals surface area contributed by atoms with E-state index >= 15 is 0 Å². The van der Waals surface area contributed by atoms with E-state index in [1.807, 2.05) is 24.9 Å². The molecule has 0 N–H and O–H groups in total. The average molecular weight is 423 g/mol. The molecule has 2 aliphatic heterocycles. The first-order valence-electron chi connectivity index (χ1n) is 11.8. The largest absolute Gasteiger partial charge is 0.375 e. The minimum absolute atomic E-state index is 0.0775. The molecule has 3 fully saturated rings. The molecule has 3 aliphatic rings. The summed E-state index contributed by atoms with van der Waals surface area (Å²) in [7, 11) is 1.85. The third kappa shape index (κ3) is 4.41. The Balaban J connectivity index is 1.24. The van der Waals surface area contributed by atoms with Gasteiger partial charge in [0.25, 0.3) is 5.91 Å². The Bertz CT molecular complexity index is 913. The minimum atomic E-state index is -0.0775. The maximum Gasteiger partial charge on any atom is 0.272 e. The molecule has 1 atom stereocenters. The summed E-state index contributed by atoms with van der Waals surface area (Å²) in [4.78, 5) is 17.7. The van der Waals surface area contributed by atoms with Gasteiger partial charge in [-0.3, -0.25) is 14.4 Å². The van der Waals surface area contributed by atoms with Crippen molar-refractivity contribution in [3.05, 3.63) is 53.3 Å². The first-order chi connectivity index (χ1) is 15.0. The van der Waals surface area contributed by atoms with E-state index in [4.69, 9.17) is 4.74 Å². The fourth-order valence-corrected chi connectivity index (χ4v) is 5.48. The Hall–Kier alpha value is -2.18. The van der Waals surface area contributed by atoms with Gasteiger partial charge in [-0.1, -0.05) is 30.3 Å². The zero-order valence-electron chi connectivity index (χ0n) is 18.8. The second-order valence-corrected chi connectivity index (χ2v) is 9.65. The van der Waals surface area contributed by atoms with Crippen LogP contribution in [0.25, 0.3) is 0 Å². The number of carbonyl (C=O) groups excluding carboxylic acids is 1. The van der Waals surface area contributed by atoms with Crippen molar-refractivity contribution >= 4 is 5.91 Å². The predicted molar refractivity (Wildman–Crippen MR) is 120 cm³/mol. The lowest BCUT2D eigenvalue weighted by Crippen LogP contribution is -2.54. The van der Waals surface area contributed by atoms with E-state index in [9.17, 15) is 4.79 Å². The molecule has 0 radical (unpaired) electrons. The zero-order valence-corrected chi connectivity index (χ0v) is 18.8. The fraction of sp³-hybridized carbons (Fsp3) is 0.600. The first kappa shape index (κ1) is 20.7. The SMILES string of the molecule is Cc1cc(C(=O)N2CCC3(CC2)CC(N(Cc2ccccc2)C2CC2)CCO3)n(C)n1. The van der Waals surface area contributed by atoms with Gasteiger partial charge >= 0.3 is 0 Å². The molecule has 1 aromatic carbocycles. The number of aryl methyl sites for hydroxylation is 2. The zero-order chi connectivity index (χ0) is 21.4. The van der Waals surface area contributed by atoms with E-state index in [2.05, 4.69) is 40.3 Å². The Morgan fingerprint density at radius 3 is 2.55 bits per heavy atom. The highest BCUT2D eigenvalue weighted by Crippen LogP contribution is 2.40. The Labute approximate surface area is 185 Å². The monoisotopic (exact) mass is 422 g/mol. The molecule has 2 aromatic rings. The molecule has 3 heterocycles. The van der Waals surface area contributed by atoms with Gasteiger partial charge in [0.15, 0.2) is 0 Å². The Morgan fingerprint density at radius 1 is 1.16 bits per heavy atom. The molecular weight excluding hydrogens is 388 g/mol. The number of piperidine rings is 1. The van der Waals surface area contributed by atoms with Crippen molar-refractivity contribution in [1.82, 2.24) is 19.6 Å². The molecule has 1 amide bonds. The molecule has 1 unspecified atom stereocenters. The van der Waals surface area contributed by atoms with E-state index in [0.717, 1.165) is 63.7 Å². The highest BCUT2D eigenvalue weighted by Gasteiger charge is 2.45. The first-order valence-corrected chi connectivity index (χ1v) is 11.8. The van der Waals surface area contributed by atoms with Gasteiger partial charge in [-0.05, 0) is 57.1 Å². The van der Waals surface area contributed by atoms with Crippen molar-refractivity contribution in [2.75, 3.05) is 19.7 Å². The van der Waals surface area contributed by atoms with Gasteiger partial charge in [0.1, 0.15) is 5.69 Å². The van der Waals surface area contributed by atoms with Gasteiger partial charge in [-0.2, -0.15) is 5.10 Å². The smallest absolute Gasteiger partial charge is 0.272 e. The van der Waals surface area contributed by atoms with Gasteiger partial charge in [0.05, 0.1) is 11.3 Å². The quantitative estimate of drug-likeness (QED) is 0.740. The predicted octanol–water partition coefficient (Wildman–Crippen LogP) is 3.55. The molecule has 31 heavy (non-hydrogen) atoms. The molecule has 2 saturated heterocycles. The van der Waals surface area contributed by atoms with Gasteiger partial charge < -0.3 is 9.64 Å². The summed E-state index contributed by atoms with van der Waals surface area (Å²) >= 11 is 0. The number of hydrogen-bond acceptors (Lipinski definition) is 4. The van der Waals surface area contributed by atoms with Crippen molar-refractivity contribution in [2.24, 2.45) is 7.05 Å². The molecule has 6 nitrogen and oxygen atoms in total. The van der Waals surface area contributed by atoms with Crippen LogP contribution in [0.2, 0.25) is 0 Å². The van der Waals surface area contributed by atoms with Crippen LogP contribution in [0, 0.1) is 6.92 Å². The fourth-order valence-electron chi connectivity index (χ4n) is 5.48. The normalized spacial score (nSPS) is 23.5. The summed E-state index contributed by atoms with van der Waals surface area (Å²) in [6, 6.07) is 14.1. The van der Waals surface area contributed by atoms with Crippen LogP contribution in [-0.2, 0) is 18.3 Å². The third-order valence-corrected chi connectivity index (χ3v) is 7.34. The van der Waals surface area contributed by atoms with E-state index in [0.29, 0.717) is 11.7 Å². The number of nitrogens with zero attached hydrogens (tertiary/aromatic N) is 4. The van der Waals surface area contributed by atoms with Crippen LogP contribution in [0.5, 0.6) is 0 Å². The van der Waals surface area contributed by atoms with Crippen LogP contribution in [0.15, 0.2) is 36.4 Å². The van der Waals surface area contributed by atoms with Crippen LogP contribution >= 0.6 is 0 Å². The van der Waals surface area contributed by atoms with Crippen molar-refractivity contribution in [1.29, 1.82) is 0 Å². The maximum absolute atomic E-state index is 13.0. The number of benzene rings is 1. The number of rotatable bonds is 5. The van der Waals surface area contributed by atoms with Gasteiger partial charge in [-0.15, -0.1) is 0 Å². The summed E-state index contributed by atoms with van der Waals surface area (Å²) in [6.07, 6.45) is 6.70. The van der Waals surface area contributed by atoms with Crippen LogP contribution in [0.3, 0.4) is 0 Å². The highest BCUT2D eigenvalue weighted by atomic mass is 16.5. The molecule has 6 heteroatoms. The van der Waals surface area contributed by atoms with Gasteiger partial charge in [0.2, 0.25) is 0 Å². The molecule has 1 aliphatic carbocycles. The van der Waals surface area contributed by atoms with E-state index < -0.39 is 0 Å². The number of carbonyl (C=O) groups is 1. The summed E-state index contributed by atoms with van der Waals surface area (Å²) < 4.78 is 8.12. The number of likely N-dealkylation sites (tertiary alicyclic amines) is 1. The van der Waals surface area contributed by atoms with Gasteiger partial charge in [0, 0.05) is 45.4 Å². The van der Waals surface area contributed by atoms with Crippen molar-refractivity contribution in [2.45, 2.75) is 69.7 Å². The molecule has 0 bridgehead atoms. The second-order valence-electron chi connectivity index (χ2n) is 9.65. The van der Waals surface area contributed by atoms with Crippen molar-refractivity contribution < 1.29 is 9.53 Å². The highest BCUT2D eigenvalue weighted by molar-refractivity contribution is 5.92. The second kappa shape index (κ2) is 8.40. The summed E-state index contributed by atoms with van der Waals surface area (Å²) in [6.45, 7) is 5.32. The van der Waals surface area contributed by atoms with Crippen LogP contribution in [-0.4, -0.2) is 62.9 Å². The number of aromatic nitrogens is 2. The Kier molecular flexibility index (Phi) is 5.61. The summed E-state index contributed by atoms with van der Waals surface area (Å²) in [5.74, 6) is 0.0917. The van der Waals surface area contributed by atoms with Crippen molar-refractivity contribution in [3.63, 3.8) is 0 Å². The van der Waals surface area contributed by atoms with E-state index in [-0.39, 0.29) is 11.5 Å². The van der Waals surface area contributed by atoms with Crippen molar-refractivity contribution in [3.8, 4) is 0 Å². The van der Waals surface area contributed by atoms with Crippen LogP contribution in [0.1, 0.15) is 60.3 Å². The minimum Gasteiger partial charge on any atom is -0.375 e. The van der Waals surface area contributed by atoms with E-state index in [1.54, 1.807) is 4.68 Å². The van der Waals surface area contributed by atoms with Gasteiger partial charge in [-0.25, -0.2) is 0 Å². The molecule has 1 aromatic heterocycles. The molecule has 5 rings (SSSR count). The molecule has 166 valence electrons. The maximum atomic E-state index is 13.0. The topological polar surface area (TPSA) is 50.6 Å². The summed E-state index contributed by atoms with van der Waals surface area (Å²) in [5, 5.41) is 4.34. The lowest BCUT2D eigenvalue weighted by Gasteiger charge is -2.48. The van der Waals surface area contributed by atoms with Crippen LogP contribution in [0.4, 0.5) is 0 Å². The lowest BCUT2D eigenvalue weighted by atomic mass is 9.81. The third-order valence-electron chi connectivity index (χ3n) is 7.34. The summed E-state index contributed by atoms with van der Waals surface area (Å²) in [5.41, 5.74) is 2.89. The molecule has 1 saturated carbocycles. The average Bonchev–Trinajstić information content (AvgIpc) is 3.56. The number of amides is 1. The number of ether oxygens (including phenoxy) is 1. The standard InChI is InChI=1S/C25H34N4O2/c1-19-16-23(27(2)26-19)24(30)28-13-11-25(12-14-28)17-22(10-15-31-25)29(21-8-9-21)18-20-6-4-3-5-7-20/h3-7,16,21-22H,8-15,17-18H2,1-2H3. The Morgan fingerprint density at radius 2 is 1.90 bits per heavy atom. The van der Waals surface area contributed by atoms with E-state index in [1.165, 1.54) is 18.4 Å².